The van der Waals surface area contributed by atoms with Gasteiger partial charge in [0.25, 0.3) is 0 Å². The number of ether oxygens (including phenoxy) is 1. The van der Waals surface area contributed by atoms with Gasteiger partial charge in [-0.2, -0.15) is 0 Å². The first-order valence-electron chi connectivity index (χ1n) is 7.67. The zero-order valence-electron chi connectivity index (χ0n) is 13.0. The fourth-order valence-electron chi connectivity index (χ4n) is 2.59. The number of thiocarbonyl (C=S) groups is 1. The Morgan fingerprint density at radius 1 is 0.783 bits per heavy atom. The molecule has 0 spiro atoms. The Balaban J connectivity index is 1.88. The van der Waals surface area contributed by atoms with Gasteiger partial charge in [0.1, 0.15) is 5.75 Å². The Bertz CT molecular complexity index is 781. The van der Waals surface area contributed by atoms with Crippen molar-refractivity contribution in [3.05, 3.63) is 102 Å². The van der Waals surface area contributed by atoms with Crippen molar-refractivity contribution in [1.29, 1.82) is 0 Å². The maximum atomic E-state index is 6.01. The highest BCUT2D eigenvalue weighted by Crippen LogP contribution is 2.31. The quantitative estimate of drug-likeness (QED) is 0.580. The van der Waals surface area contributed by atoms with Crippen molar-refractivity contribution in [3.8, 4) is 5.75 Å². The smallest absolute Gasteiger partial charge is 0.198 e. The van der Waals surface area contributed by atoms with Gasteiger partial charge in [0.05, 0.1) is 0 Å². The normalized spacial score (nSPS) is 11.7. The van der Waals surface area contributed by atoms with Crippen LogP contribution in [0, 0.1) is 0 Å². The molecule has 0 saturated carbocycles. The van der Waals surface area contributed by atoms with E-state index in [1.54, 1.807) is 0 Å². The molecule has 3 aromatic carbocycles. The van der Waals surface area contributed by atoms with Gasteiger partial charge in [0.2, 0.25) is 0 Å². The molecular weight excluding hydrogens is 300 g/mol. The Labute approximate surface area is 142 Å². The Hall–Kier alpha value is -2.45. The number of rotatable bonds is 4. The highest BCUT2D eigenvalue weighted by molar-refractivity contribution is 7.80. The van der Waals surface area contributed by atoms with Gasteiger partial charge in [0, 0.05) is 17.0 Å². The van der Waals surface area contributed by atoms with Crippen LogP contribution >= 0.6 is 12.2 Å². The van der Waals surface area contributed by atoms with Crippen molar-refractivity contribution in [3.63, 3.8) is 0 Å². The van der Waals surface area contributed by atoms with Gasteiger partial charge in [0.15, 0.2) is 5.05 Å². The molecule has 0 aromatic heterocycles. The van der Waals surface area contributed by atoms with Crippen LogP contribution in [0.2, 0.25) is 0 Å². The molecule has 1 nitrogen and oxygen atoms in total. The van der Waals surface area contributed by atoms with Crippen LogP contribution < -0.4 is 4.74 Å². The zero-order valence-corrected chi connectivity index (χ0v) is 13.8. The van der Waals surface area contributed by atoms with Crippen molar-refractivity contribution in [2.45, 2.75) is 12.8 Å². The third-order valence-electron chi connectivity index (χ3n) is 3.90. The van der Waals surface area contributed by atoms with E-state index in [4.69, 9.17) is 17.0 Å². The minimum absolute atomic E-state index is 0.242. The first kappa shape index (κ1) is 15.4. The molecule has 0 aliphatic heterocycles. The molecule has 1 atom stereocenters. The summed E-state index contributed by atoms with van der Waals surface area (Å²) >= 11 is 5.44. The summed E-state index contributed by atoms with van der Waals surface area (Å²) in [7, 11) is 0. The van der Waals surface area contributed by atoms with Crippen molar-refractivity contribution >= 4 is 17.3 Å². The summed E-state index contributed by atoms with van der Waals surface area (Å²) in [5.74, 6) is 1.06. The molecule has 0 aliphatic rings. The summed E-state index contributed by atoms with van der Waals surface area (Å²) in [5.41, 5.74) is 3.32. The summed E-state index contributed by atoms with van der Waals surface area (Å²) in [6, 6.07) is 28.3. The third-order valence-corrected chi connectivity index (χ3v) is 4.22. The molecule has 0 amide bonds. The molecule has 0 fully saturated rings. The van der Waals surface area contributed by atoms with E-state index in [0.717, 1.165) is 16.9 Å². The van der Waals surface area contributed by atoms with Crippen LogP contribution in [0.4, 0.5) is 0 Å². The molecule has 0 aliphatic carbocycles. The topological polar surface area (TPSA) is 9.23 Å². The van der Waals surface area contributed by atoms with Crippen molar-refractivity contribution in [2.24, 2.45) is 0 Å². The molecule has 0 radical (unpaired) electrons. The maximum absolute atomic E-state index is 6.01. The Morgan fingerprint density at radius 2 is 1.35 bits per heavy atom. The highest BCUT2D eigenvalue weighted by atomic mass is 32.1. The van der Waals surface area contributed by atoms with Gasteiger partial charge >= 0.3 is 0 Å². The van der Waals surface area contributed by atoms with Crippen LogP contribution in [0.15, 0.2) is 84.9 Å². The van der Waals surface area contributed by atoms with Crippen LogP contribution in [-0.4, -0.2) is 5.05 Å². The molecule has 3 aromatic rings. The molecular formula is C21H18OS. The lowest BCUT2D eigenvalue weighted by Crippen LogP contribution is -2.09. The van der Waals surface area contributed by atoms with Crippen LogP contribution in [0.3, 0.4) is 0 Å². The predicted molar refractivity (Wildman–Crippen MR) is 99.2 cm³/mol. The zero-order chi connectivity index (χ0) is 16.1. The number of hydrogen-bond acceptors (Lipinski definition) is 2. The van der Waals surface area contributed by atoms with Crippen LogP contribution in [-0.2, 0) is 0 Å². The van der Waals surface area contributed by atoms with E-state index < -0.39 is 0 Å². The fraction of sp³-hybridized carbons (Fsp3) is 0.0952. The molecule has 23 heavy (non-hydrogen) atoms. The molecule has 114 valence electrons. The molecule has 0 N–H and O–H groups in total. The summed E-state index contributed by atoms with van der Waals surface area (Å²) in [4.78, 5) is 0. The van der Waals surface area contributed by atoms with Gasteiger partial charge < -0.3 is 4.74 Å². The molecule has 0 heterocycles. The van der Waals surface area contributed by atoms with Gasteiger partial charge in [-0.05, 0) is 23.8 Å². The summed E-state index contributed by atoms with van der Waals surface area (Å²) < 4.78 is 6.01. The van der Waals surface area contributed by atoms with Crippen LogP contribution in [0.25, 0.3) is 0 Å². The average molecular weight is 318 g/mol. The van der Waals surface area contributed by atoms with E-state index >= 15 is 0 Å². The molecule has 0 saturated heterocycles. The Kier molecular flexibility index (Phi) is 4.84. The minimum atomic E-state index is 0.242. The molecule has 1 unspecified atom stereocenters. The second kappa shape index (κ2) is 7.21. The van der Waals surface area contributed by atoms with Crippen LogP contribution in [0.5, 0.6) is 5.75 Å². The lowest BCUT2D eigenvalue weighted by atomic mass is 9.92. The first-order chi connectivity index (χ1) is 11.3. The largest absolute Gasteiger partial charge is 0.445 e. The number of benzene rings is 3. The van der Waals surface area contributed by atoms with E-state index in [-0.39, 0.29) is 5.92 Å². The fourth-order valence-corrected chi connectivity index (χ4v) is 2.81. The molecule has 0 bridgehead atoms. The van der Waals surface area contributed by atoms with Crippen molar-refractivity contribution in [1.82, 2.24) is 0 Å². The lowest BCUT2D eigenvalue weighted by molar-refractivity contribution is 0.554. The van der Waals surface area contributed by atoms with Crippen molar-refractivity contribution < 1.29 is 4.74 Å². The Morgan fingerprint density at radius 3 is 2.04 bits per heavy atom. The van der Waals surface area contributed by atoms with E-state index in [2.05, 4.69) is 37.3 Å². The number of hydrogen-bond donors (Lipinski definition) is 0. The van der Waals surface area contributed by atoms with Crippen LogP contribution in [0.1, 0.15) is 29.5 Å². The van der Waals surface area contributed by atoms with Gasteiger partial charge in [-0.3, -0.25) is 0 Å². The lowest BCUT2D eigenvalue weighted by Gasteiger charge is -2.17. The third kappa shape index (κ3) is 3.66. The molecule has 2 heteroatoms. The minimum Gasteiger partial charge on any atom is -0.445 e. The van der Waals surface area contributed by atoms with E-state index in [0.29, 0.717) is 5.05 Å². The van der Waals surface area contributed by atoms with Gasteiger partial charge in [-0.25, -0.2) is 0 Å². The van der Waals surface area contributed by atoms with Crippen molar-refractivity contribution in [2.75, 3.05) is 0 Å². The second-order valence-corrected chi connectivity index (χ2v) is 5.80. The van der Waals surface area contributed by atoms with E-state index in [9.17, 15) is 0 Å². The summed E-state index contributed by atoms with van der Waals surface area (Å²) in [6.07, 6.45) is 0. The second-order valence-electron chi connectivity index (χ2n) is 5.43. The summed E-state index contributed by atoms with van der Waals surface area (Å²) in [5, 5.41) is 0.498. The van der Waals surface area contributed by atoms with E-state index in [1.807, 2.05) is 54.6 Å². The average Bonchev–Trinajstić information content (AvgIpc) is 2.63. The SMILES string of the molecule is CC(c1ccccc1)c1ccccc1OC(=S)c1ccccc1. The molecule has 3 rings (SSSR count). The standard InChI is InChI=1S/C21H18OS/c1-16(17-10-4-2-5-11-17)19-14-8-9-15-20(19)22-21(23)18-12-6-3-7-13-18/h2-16H,1H3. The number of para-hydroxylation sites is 1. The first-order valence-corrected chi connectivity index (χ1v) is 8.07. The van der Waals surface area contributed by atoms with Gasteiger partial charge in [-0.1, -0.05) is 85.8 Å². The summed E-state index contributed by atoms with van der Waals surface area (Å²) in [6.45, 7) is 2.18. The maximum Gasteiger partial charge on any atom is 0.198 e. The highest BCUT2D eigenvalue weighted by Gasteiger charge is 2.15. The van der Waals surface area contributed by atoms with Gasteiger partial charge in [-0.15, -0.1) is 0 Å². The van der Waals surface area contributed by atoms with E-state index in [1.165, 1.54) is 5.56 Å². The predicted octanol–water partition coefficient (Wildman–Crippen LogP) is 5.59. The monoisotopic (exact) mass is 318 g/mol.